The van der Waals surface area contributed by atoms with Crippen molar-refractivity contribution < 1.29 is 9.84 Å². The molecule has 0 aliphatic carbocycles. The van der Waals surface area contributed by atoms with Gasteiger partial charge in [-0.25, -0.2) is 0 Å². The number of nitriles is 1. The topological polar surface area (TPSA) is 56.5 Å². The van der Waals surface area contributed by atoms with E-state index in [0.717, 1.165) is 37.2 Å². The van der Waals surface area contributed by atoms with Gasteiger partial charge >= 0.3 is 0 Å². The molecule has 2 heterocycles. The van der Waals surface area contributed by atoms with Gasteiger partial charge in [-0.1, -0.05) is 0 Å². The van der Waals surface area contributed by atoms with Crippen LogP contribution in [0.1, 0.15) is 43.9 Å². The third-order valence-electron chi connectivity index (χ3n) is 4.38. The van der Waals surface area contributed by atoms with Gasteiger partial charge in [0, 0.05) is 5.56 Å². The Morgan fingerprint density at radius 3 is 2.62 bits per heavy atom. The molecule has 4 nitrogen and oxygen atoms in total. The van der Waals surface area contributed by atoms with Gasteiger partial charge in [0.15, 0.2) is 0 Å². The van der Waals surface area contributed by atoms with Crippen molar-refractivity contribution in [2.75, 3.05) is 13.1 Å². The highest BCUT2D eigenvalue weighted by atomic mass is 35.5. The van der Waals surface area contributed by atoms with Gasteiger partial charge in [-0.05, 0) is 58.0 Å². The van der Waals surface area contributed by atoms with E-state index in [0.29, 0.717) is 5.56 Å². The highest BCUT2D eigenvalue weighted by Crippen LogP contribution is 2.44. The van der Waals surface area contributed by atoms with E-state index < -0.39 is 11.7 Å². The fourth-order valence-corrected chi connectivity index (χ4v) is 3.25. The number of ether oxygens (including phenoxy) is 1. The Morgan fingerprint density at radius 2 is 2.00 bits per heavy atom. The van der Waals surface area contributed by atoms with Crippen molar-refractivity contribution in [3.05, 3.63) is 29.3 Å². The minimum Gasteiger partial charge on any atom is -0.485 e. The molecular formula is C16H21ClN2O2. The highest BCUT2D eigenvalue weighted by Gasteiger charge is 2.45. The predicted octanol–water partition coefficient (Wildman–Crippen LogP) is 2.65. The van der Waals surface area contributed by atoms with Crippen LogP contribution in [-0.2, 0) is 0 Å². The molecule has 2 aliphatic heterocycles. The Balaban J connectivity index is 0.00000161. The van der Waals surface area contributed by atoms with Gasteiger partial charge in [-0.15, -0.1) is 12.4 Å². The first kappa shape index (κ1) is 16.1. The molecule has 1 N–H and O–H groups in total. The van der Waals surface area contributed by atoms with Crippen molar-refractivity contribution in [3.63, 3.8) is 0 Å². The first-order valence-electron chi connectivity index (χ1n) is 7.18. The number of nitrogens with zero attached hydrogens (tertiary/aromatic N) is 2. The van der Waals surface area contributed by atoms with Crippen LogP contribution in [0, 0.1) is 11.3 Å². The molecule has 0 unspecified atom stereocenters. The number of likely N-dealkylation sites (tertiary alicyclic amines) is 1. The summed E-state index contributed by atoms with van der Waals surface area (Å²) < 4.78 is 5.93. The molecule has 5 heteroatoms. The number of fused-ring (bicyclic) bond motifs is 1. The summed E-state index contributed by atoms with van der Waals surface area (Å²) >= 11 is 0. The van der Waals surface area contributed by atoms with Gasteiger partial charge in [0.05, 0.1) is 17.7 Å². The fraction of sp³-hybridized carbons (Fsp3) is 0.562. The smallest absolute Gasteiger partial charge is 0.131 e. The van der Waals surface area contributed by atoms with Crippen molar-refractivity contribution in [2.24, 2.45) is 0 Å². The molecule has 1 aromatic carbocycles. The Morgan fingerprint density at radius 1 is 1.33 bits per heavy atom. The molecule has 0 radical (unpaired) electrons. The van der Waals surface area contributed by atoms with Crippen molar-refractivity contribution in [2.45, 2.75) is 44.4 Å². The molecule has 0 aromatic heterocycles. The number of rotatable bonds is 1. The second-order valence-corrected chi connectivity index (χ2v) is 6.20. The molecule has 2 aliphatic rings. The number of hydrogen-bond acceptors (Lipinski definition) is 4. The molecule has 21 heavy (non-hydrogen) atoms. The van der Waals surface area contributed by atoms with Crippen LogP contribution < -0.4 is 4.74 Å². The molecular weight excluding hydrogens is 288 g/mol. The second kappa shape index (κ2) is 5.84. The summed E-state index contributed by atoms with van der Waals surface area (Å²) in [5.41, 5.74) is 0.940. The summed E-state index contributed by atoms with van der Waals surface area (Å²) in [4.78, 5) is 2.31. The molecule has 0 saturated carbocycles. The van der Waals surface area contributed by atoms with E-state index in [2.05, 4.69) is 11.0 Å². The monoisotopic (exact) mass is 308 g/mol. The molecule has 0 amide bonds. The molecule has 0 spiro atoms. The first-order valence-corrected chi connectivity index (χ1v) is 7.18. The van der Waals surface area contributed by atoms with Crippen LogP contribution in [-0.4, -0.2) is 34.8 Å². The lowest BCUT2D eigenvalue weighted by Crippen LogP contribution is -2.53. The lowest BCUT2D eigenvalue weighted by Gasteiger charge is -2.45. The predicted molar refractivity (Wildman–Crippen MR) is 82.7 cm³/mol. The van der Waals surface area contributed by atoms with E-state index in [-0.39, 0.29) is 18.4 Å². The highest BCUT2D eigenvalue weighted by molar-refractivity contribution is 5.85. The molecule has 1 aromatic rings. The zero-order chi connectivity index (χ0) is 14.3. The van der Waals surface area contributed by atoms with Crippen molar-refractivity contribution in [1.82, 2.24) is 4.90 Å². The quantitative estimate of drug-likeness (QED) is 0.866. The van der Waals surface area contributed by atoms with E-state index >= 15 is 0 Å². The summed E-state index contributed by atoms with van der Waals surface area (Å²) in [6.45, 7) is 5.83. The Kier molecular flexibility index (Phi) is 4.48. The van der Waals surface area contributed by atoms with Crippen LogP contribution in [0.3, 0.4) is 0 Å². The average molecular weight is 309 g/mol. The maximum absolute atomic E-state index is 10.7. The zero-order valence-electron chi connectivity index (χ0n) is 12.4. The summed E-state index contributed by atoms with van der Waals surface area (Å²) in [6.07, 6.45) is 1.73. The van der Waals surface area contributed by atoms with Crippen molar-refractivity contribution in [3.8, 4) is 11.8 Å². The SMILES string of the molecule is CC1(C)Oc2ccc(C#N)cc2[C@H](N2CCCC2)[C@H]1O.Cl. The first-order chi connectivity index (χ1) is 9.53. The Labute approximate surface area is 131 Å². The molecule has 1 saturated heterocycles. The van der Waals surface area contributed by atoms with Crippen LogP contribution in [0.25, 0.3) is 0 Å². The van der Waals surface area contributed by atoms with Gasteiger partial charge in [-0.3, -0.25) is 4.90 Å². The maximum Gasteiger partial charge on any atom is 0.131 e. The second-order valence-electron chi connectivity index (χ2n) is 6.20. The molecule has 114 valence electrons. The fourth-order valence-electron chi connectivity index (χ4n) is 3.25. The van der Waals surface area contributed by atoms with Crippen LogP contribution in [0.15, 0.2) is 18.2 Å². The van der Waals surface area contributed by atoms with Gasteiger partial charge in [0.1, 0.15) is 17.5 Å². The zero-order valence-corrected chi connectivity index (χ0v) is 13.2. The van der Waals surface area contributed by atoms with E-state index in [4.69, 9.17) is 10.00 Å². The number of halogens is 1. The minimum absolute atomic E-state index is 0. The summed E-state index contributed by atoms with van der Waals surface area (Å²) in [7, 11) is 0. The summed E-state index contributed by atoms with van der Waals surface area (Å²) in [5, 5.41) is 19.8. The maximum atomic E-state index is 10.7. The third-order valence-corrected chi connectivity index (χ3v) is 4.38. The van der Waals surface area contributed by atoms with E-state index in [1.54, 1.807) is 6.07 Å². The van der Waals surface area contributed by atoms with Crippen LogP contribution in [0.4, 0.5) is 0 Å². The van der Waals surface area contributed by atoms with E-state index in [1.165, 1.54) is 0 Å². The van der Waals surface area contributed by atoms with Crippen LogP contribution in [0.5, 0.6) is 5.75 Å². The lowest BCUT2D eigenvalue weighted by molar-refractivity contribution is -0.0895. The molecule has 1 fully saturated rings. The van der Waals surface area contributed by atoms with E-state index in [1.807, 2.05) is 26.0 Å². The molecule has 2 atom stereocenters. The van der Waals surface area contributed by atoms with Gasteiger partial charge in [-0.2, -0.15) is 5.26 Å². The number of aliphatic hydroxyl groups excluding tert-OH is 1. The number of hydrogen-bond donors (Lipinski definition) is 1. The normalized spacial score (nSPS) is 27.1. The van der Waals surface area contributed by atoms with Crippen molar-refractivity contribution >= 4 is 12.4 Å². The van der Waals surface area contributed by atoms with Crippen molar-refractivity contribution in [1.29, 1.82) is 5.26 Å². The minimum atomic E-state index is -0.617. The summed E-state index contributed by atoms with van der Waals surface area (Å²) in [5.74, 6) is 0.788. The summed E-state index contributed by atoms with van der Waals surface area (Å²) in [6, 6.07) is 7.57. The molecule has 3 rings (SSSR count). The lowest BCUT2D eigenvalue weighted by atomic mass is 9.85. The Bertz CT molecular complexity index is 562. The van der Waals surface area contributed by atoms with Gasteiger partial charge < -0.3 is 9.84 Å². The standard InChI is InChI=1S/C16H20N2O2.ClH/c1-16(2)15(19)14(18-7-3-4-8-18)12-9-11(10-17)5-6-13(12)20-16;/h5-6,9,14-15,19H,3-4,7-8H2,1-2H3;1H/t14-,15+;/m0./s1. The van der Waals surface area contributed by atoms with Gasteiger partial charge in [0.2, 0.25) is 0 Å². The number of benzene rings is 1. The average Bonchev–Trinajstić information content (AvgIpc) is 2.93. The largest absolute Gasteiger partial charge is 0.485 e. The molecule has 0 bridgehead atoms. The van der Waals surface area contributed by atoms with E-state index in [9.17, 15) is 5.11 Å². The van der Waals surface area contributed by atoms with Crippen LogP contribution in [0.2, 0.25) is 0 Å². The Hall–Kier alpha value is -1.28. The third kappa shape index (κ3) is 2.74. The number of aliphatic hydroxyl groups is 1. The van der Waals surface area contributed by atoms with Crippen LogP contribution >= 0.6 is 12.4 Å². The van der Waals surface area contributed by atoms with Gasteiger partial charge in [0.25, 0.3) is 0 Å².